The van der Waals surface area contributed by atoms with Crippen molar-refractivity contribution in [2.24, 2.45) is 5.14 Å². The van der Waals surface area contributed by atoms with Crippen LogP contribution in [0, 0.1) is 0 Å². The highest BCUT2D eigenvalue weighted by atomic mass is 32.2. The van der Waals surface area contributed by atoms with Gasteiger partial charge in [0.25, 0.3) is 0 Å². The molecule has 0 unspecified atom stereocenters. The molecule has 1 fully saturated rings. The van der Waals surface area contributed by atoms with Gasteiger partial charge in [0.15, 0.2) is 0 Å². The van der Waals surface area contributed by atoms with Crippen LogP contribution < -0.4 is 15.4 Å². The van der Waals surface area contributed by atoms with Crippen LogP contribution in [0.15, 0.2) is 71.9 Å². The van der Waals surface area contributed by atoms with Gasteiger partial charge in [-0.25, -0.2) is 28.5 Å². The minimum Gasteiger partial charge on any atom is -0.354 e. The van der Waals surface area contributed by atoms with Crippen LogP contribution in [0.1, 0.15) is 0 Å². The number of piperazine rings is 1. The number of nitrogens with one attached hydrogen (secondary N) is 1. The molecule has 3 N–H and O–H groups in total. The third kappa shape index (κ3) is 4.84. The molecule has 1 aliphatic heterocycles. The second kappa shape index (κ2) is 8.98. The van der Waals surface area contributed by atoms with Crippen LogP contribution >= 0.6 is 0 Å². The normalized spacial score (nSPS) is 14.9. The lowest BCUT2D eigenvalue weighted by atomic mass is 10.0. The van der Waals surface area contributed by atoms with E-state index in [1.165, 1.54) is 12.1 Å². The number of benzene rings is 2. The molecule has 0 saturated carbocycles. The first-order valence-corrected chi connectivity index (χ1v) is 12.5. The Hall–Kier alpha value is -3.60. The van der Waals surface area contributed by atoms with Gasteiger partial charge in [-0.15, -0.1) is 0 Å². The van der Waals surface area contributed by atoms with Crippen molar-refractivity contribution in [3.8, 4) is 11.1 Å². The molecule has 0 spiro atoms. The average Bonchev–Trinajstić information content (AvgIpc) is 2.84. The number of nitrogens with two attached hydrogens (primary N) is 1. The molecule has 10 heteroatoms. The van der Waals surface area contributed by atoms with E-state index in [9.17, 15) is 8.42 Å². The molecule has 0 bridgehead atoms. The van der Waals surface area contributed by atoms with Crippen molar-refractivity contribution < 1.29 is 8.42 Å². The summed E-state index contributed by atoms with van der Waals surface area (Å²) < 4.78 is 22.8. The van der Waals surface area contributed by atoms with Gasteiger partial charge >= 0.3 is 0 Å². The Labute approximate surface area is 198 Å². The molecular weight excluding hydrogens is 450 g/mol. The number of rotatable bonds is 5. The molecule has 2 aromatic carbocycles. The summed E-state index contributed by atoms with van der Waals surface area (Å²) >= 11 is 0. The van der Waals surface area contributed by atoms with Crippen LogP contribution in [-0.4, -0.2) is 61.5 Å². The summed E-state index contributed by atoms with van der Waals surface area (Å²) in [5.41, 5.74) is 3.64. The molecule has 4 aromatic rings. The van der Waals surface area contributed by atoms with Crippen LogP contribution in [0.2, 0.25) is 0 Å². The van der Waals surface area contributed by atoms with E-state index in [0.29, 0.717) is 11.6 Å². The fraction of sp³-hybridized carbons (Fsp3) is 0.208. The Bertz CT molecular complexity index is 1430. The molecule has 0 atom stereocenters. The second-order valence-electron chi connectivity index (χ2n) is 8.35. The van der Waals surface area contributed by atoms with Crippen LogP contribution in [0.25, 0.3) is 22.0 Å². The monoisotopic (exact) mass is 475 g/mol. The summed E-state index contributed by atoms with van der Waals surface area (Å²) in [5.74, 6) is 1.42. The van der Waals surface area contributed by atoms with Crippen molar-refractivity contribution in [2.45, 2.75) is 4.90 Å². The van der Waals surface area contributed by atoms with E-state index in [4.69, 9.17) is 5.14 Å². The molecule has 174 valence electrons. The third-order valence-corrected chi connectivity index (χ3v) is 6.85. The van der Waals surface area contributed by atoms with Crippen LogP contribution in [0.3, 0.4) is 0 Å². The number of aromatic nitrogens is 3. The van der Waals surface area contributed by atoms with Gasteiger partial charge in [-0.1, -0.05) is 6.07 Å². The zero-order valence-electron chi connectivity index (χ0n) is 18.7. The average molecular weight is 476 g/mol. The van der Waals surface area contributed by atoms with Crippen molar-refractivity contribution in [1.29, 1.82) is 0 Å². The highest BCUT2D eigenvalue weighted by molar-refractivity contribution is 7.89. The van der Waals surface area contributed by atoms with Gasteiger partial charge in [-0.2, -0.15) is 0 Å². The van der Waals surface area contributed by atoms with Crippen molar-refractivity contribution in [3.05, 3.63) is 67.0 Å². The molecule has 0 amide bonds. The Kier molecular flexibility index (Phi) is 5.86. The van der Waals surface area contributed by atoms with Gasteiger partial charge < -0.3 is 15.1 Å². The first-order valence-electron chi connectivity index (χ1n) is 10.9. The van der Waals surface area contributed by atoms with E-state index in [2.05, 4.69) is 49.2 Å². The molecule has 5 rings (SSSR count). The smallest absolute Gasteiger partial charge is 0.238 e. The summed E-state index contributed by atoms with van der Waals surface area (Å²) in [7, 11) is -1.59. The minimum absolute atomic E-state index is 0.0527. The van der Waals surface area contributed by atoms with Gasteiger partial charge in [0.1, 0.15) is 5.82 Å². The number of fused-ring (bicyclic) bond motifs is 1. The summed E-state index contributed by atoms with van der Waals surface area (Å²) in [5, 5.41) is 9.16. The fourth-order valence-electron chi connectivity index (χ4n) is 3.94. The SMILES string of the molecule is CN1CCN(c2cc(-c3ccc4nc(Nc5ccc(S(N)(=O)=O)cc5)ncc4c3)ccn2)CC1. The van der Waals surface area contributed by atoms with E-state index >= 15 is 0 Å². The quantitative estimate of drug-likeness (QED) is 0.453. The third-order valence-electron chi connectivity index (χ3n) is 5.92. The van der Waals surface area contributed by atoms with E-state index in [1.54, 1.807) is 18.3 Å². The Morgan fingerprint density at radius 3 is 2.38 bits per heavy atom. The second-order valence-corrected chi connectivity index (χ2v) is 9.92. The summed E-state index contributed by atoms with van der Waals surface area (Å²) in [6.07, 6.45) is 3.63. The van der Waals surface area contributed by atoms with Gasteiger partial charge in [-0.05, 0) is 66.7 Å². The maximum absolute atomic E-state index is 11.4. The fourth-order valence-corrected chi connectivity index (χ4v) is 4.45. The van der Waals surface area contributed by atoms with Gasteiger partial charge in [0, 0.05) is 49.6 Å². The maximum Gasteiger partial charge on any atom is 0.238 e. The minimum atomic E-state index is -3.73. The lowest BCUT2D eigenvalue weighted by Gasteiger charge is -2.33. The summed E-state index contributed by atoms with van der Waals surface area (Å²) in [6.45, 7) is 4.01. The number of sulfonamides is 1. The maximum atomic E-state index is 11.4. The molecule has 1 aliphatic rings. The van der Waals surface area contributed by atoms with Crippen molar-refractivity contribution in [3.63, 3.8) is 0 Å². The number of primary sulfonamides is 1. The molecule has 34 heavy (non-hydrogen) atoms. The number of hydrogen-bond donors (Lipinski definition) is 2. The number of pyridine rings is 1. The zero-order chi connectivity index (χ0) is 23.7. The van der Waals surface area contributed by atoms with Crippen molar-refractivity contribution >= 4 is 38.4 Å². The van der Waals surface area contributed by atoms with E-state index in [0.717, 1.165) is 54.0 Å². The van der Waals surface area contributed by atoms with Crippen molar-refractivity contribution in [1.82, 2.24) is 19.9 Å². The van der Waals surface area contributed by atoms with Crippen LogP contribution in [0.4, 0.5) is 17.5 Å². The lowest BCUT2D eigenvalue weighted by molar-refractivity contribution is 0.312. The van der Waals surface area contributed by atoms with Crippen LogP contribution in [-0.2, 0) is 10.0 Å². The molecule has 2 aromatic heterocycles. The Balaban J connectivity index is 1.36. The molecule has 0 aliphatic carbocycles. The number of likely N-dealkylation sites (N-methyl/N-ethyl adjacent to an activating group) is 1. The zero-order valence-corrected chi connectivity index (χ0v) is 19.5. The van der Waals surface area contributed by atoms with Crippen LogP contribution in [0.5, 0.6) is 0 Å². The van der Waals surface area contributed by atoms with Gasteiger partial charge in [0.2, 0.25) is 16.0 Å². The first kappa shape index (κ1) is 22.2. The molecule has 9 nitrogen and oxygen atoms in total. The van der Waals surface area contributed by atoms with E-state index < -0.39 is 10.0 Å². The highest BCUT2D eigenvalue weighted by Crippen LogP contribution is 2.27. The largest absolute Gasteiger partial charge is 0.354 e. The summed E-state index contributed by atoms with van der Waals surface area (Å²) in [6, 6.07) is 16.4. The topological polar surface area (TPSA) is 117 Å². The number of anilines is 3. The number of nitrogens with zero attached hydrogens (tertiary/aromatic N) is 5. The predicted octanol–water partition coefficient (Wildman–Crippen LogP) is 2.83. The first-order chi connectivity index (χ1) is 16.3. The predicted molar refractivity (Wildman–Crippen MR) is 134 cm³/mol. The molecular formula is C24H25N7O2S. The highest BCUT2D eigenvalue weighted by Gasteiger charge is 2.16. The standard InChI is InChI=1S/C24H25N7O2S/c1-30-10-12-31(13-11-30)23-15-18(8-9-26-23)17-2-7-22-19(14-17)16-27-24(29-22)28-20-3-5-21(6-4-20)34(25,32)33/h2-9,14-16H,10-13H2,1H3,(H2,25,32,33)(H,27,28,29). The number of hydrogen-bond acceptors (Lipinski definition) is 8. The lowest BCUT2D eigenvalue weighted by Crippen LogP contribution is -2.44. The molecule has 0 radical (unpaired) electrons. The van der Waals surface area contributed by atoms with Gasteiger partial charge in [0.05, 0.1) is 10.4 Å². The van der Waals surface area contributed by atoms with E-state index in [1.807, 2.05) is 24.4 Å². The van der Waals surface area contributed by atoms with Gasteiger partial charge in [-0.3, -0.25) is 0 Å². The van der Waals surface area contributed by atoms with E-state index in [-0.39, 0.29) is 4.90 Å². The summed E-state index contributed by atoms with van der Waals surface area (Å²) in [4.78, 5) is 18.3. The van der Waals surface area contributed by atoms with Crippen molar-refractivity contribution in [2.75, 3.05) is 43.4 Å². The molecule has 1 saturated heterocycles. The Morgan fingerprint density at radius 2 is 1.65 bits per heavy atom. The molecule has 3 heterocycles. The Morgan fingerprint density at radius 1 is 0.912 bits per heavy atom.